The molecule has 33 heavy (non-hydrogen) atoms. The Bertz CT molecular complexity index is 626. The summed E-state index contributed by atoms with van der Waals surface area (Å²) in [5, 5.41) is 31.6. The van der Waals surface area contributed by atoms with Crippen LogP contribution in [0.5, 0.6) is 0 Å². The van der Waals surface area contributed by atoms with Crippen LogP contribution in [0.25, 0.3) is 0 Å². The van der Waals surface area contributed by atoms with Gasteiger partial charge in [-0.05, 0) is 37.5 Å². The predicted molar refractivity (Wildman–Crippen MR) is 126 cm³/mol. The van der Waals surface area contributed by atoms with Crippen molar-refractivity contribution in [1.82, 2.24) is 0 Å². The van der Waals surface area contributed by atoms with Crippen LogP contribution in [0.2, 0.25) is 0 Å². The zero-order chi connectivity index (χ0) is 25.1. The second-order valence-corrected chi connectivity index (χ2v) is 10.5. The smallest absolute Gasteiger partial charge is 0.309 e. The minimum absolute atomic E-state index is 0.0219. The molecule has 0 radical (unpaired) electrons. The van der Waals surface area contributed by atoms with Gasteiger partial charge in [-0.25, -0.2) is 0 Å². The van der Waals surface area contributed by atoms with Crippen LogP contribution < -0.4 is 0 Å². The van der Waals surface area contributed by atoms with E-state index in [-0.39, 0.29) is 54.7 Å². The van der Waals surface area contributed by atoms with Crippen molar-refractivity contribution in [3.8, 4) is 0 Å². The SMILES string of the molecule is CCC(O)(CC)C1C(CO)OC(OC(CC)(CC)C2C(CO)OC(=O)C(C)C2C)C(C)C1C. The zero-order valence-corrected chi connectivity index (χ0v) is 21.9. The molecule has 9 atom stereocenters. The molecule has 0 aromatic rings. The molecule has 7 nitrogen and oxygen atoms in total. The number of aliphatic hydroxyl groups is 3. The maximum Gasteiger partial charge on any atom is 0.309 e. The molecular formula is C26H48O7. The van der Waals surface area contributed by atoms with Crippen molar-refractivity contribution in [3.05, 3.63) is 0 Å². The first-order valence-electron chi connectivity index (χ1n) is 13.0. The molecule has 0 bridgehead atoms. The monoisotopic (exact) mass is 472 g/mol. The highest BCUT2D eigenvalue weighted by molar-refractivity contribution is 5.73. The standard InChI is InChI=1S/C26H48O7/c1-9-25(30,10-2)21-16(6)18(8)24(32-19(21)13-27)33-26(11-3,12-4)22-15(5)17(7)23(29)31-20(22)14-28/h15-22,24,27-28,30H,9-14H2,1-8H3. The van der Waals surface area contributed by atoms with Crippen molar-refractivity contribution >= 4 is 5.97 Å². The second-order valence-electron chi connectivity index (χ2n) is 10.5. The Balaban J connectivity index is 2.40. The third-order valence-corrected chi connectivity index (χ3v) is 9.29. The van der Waals surface area contributed by atoms with Crippen molar-refractivity contribution < 1.29 is 34.3 Å². The number of rotatable bonds is 10. The molecule has 7 heteroatoms. The summed E-state index contributed by atoms with van der Waals surface area (Å²) < 4.78 is 18.8. The van der Waals surface area contributed by atoms with Gasteiger partial charge in [0.2, 0.25) is 0 Å². The molecule has 2 rings (SSSR count). The molecular weight excluding hydrogens is 424 g/mol. The number of carbonyl (C=O) groups excluding carboxylic acids is 1. The molecule has 2 aliphatic rings. The van der Waals surface area contributed by atoms with Gasteiger partial charge >= 0.3 is 5.97 Å². The Labute approximate surface area is 200 Å². The van der Waals surface area contributed by atoms with Gasteiger partial charge < -0.3 is 29.5 Å². The third-order valence-electron chi connectivity index (χ3n) is 9.29. The average molecular weight is 473 g/mol. The van der Waals surface area contributed by atoms with Crippen LogP contribution in [-0.2, 0) is 19.0 Å². The van der Waals surface area contributed by atoms with Crippen LogP contribution >= 0.6 is 0 Å². The molecule has 0 aromatic carbocycles. The van der Waals surface area contributed by atoms with E-state index in [9.17, 15) is 20.1 Å². The van der Waals surface area contributed by atoms with Crippen molar-refractivity contribution in [2.24, 2.45) is 35.5 Å². The first-order valence-corrected chi connectivity index (χ1v) is 13.0. The number of ether oxygens (including phenoxy) is 3. The van der Waals surface area contributed by atoms with E-state index in [0.717, 1.165) is 0 Å². The summed E-state index contributed by atoms with van der Waals surface area (Å²) in [5.41, 5.74) is -1.58. The minimum atomic E-state index is -0.915. The Morgan fingerprint density at radius 1 is 0.818 bits per heavy atom. The molecule has 194 valence electrons. The Morgan fingerprint density at radius 2 is 1.36 bits per heavy atom. The molecule has 3 N–H and O–H groups in total. The van der Waals surface area contributed by atoms with E-state index in [4.69, 9.17) is 14.2 Å². The Kier molecular flexibility index (Phi) is 9.79. The number of esters is 1. The number of hydrogen-bond acceptors (Lipinski definition) is 7. The van der Waals surface area contributed by atoms with Gasteiger partial charge in [0, 0.05) is 17.8 Å². The average Bonchev–Trinajstić information content (AvgIpc) is 2.83. The lowest BCUT2D eigenvalue weighted by Crippen LogP contribution is -2.61. The highest BCUT2D eigenvalue weighted by Gasteiger charge is 2.55. The predicted octanol–water partition coefficient (Wildman–Crippen LogP) is 3.52. The lowest BCUT2D eigenvalue weighted by molar-refractivity contribution is -0.327. The summed E-state index contributed by atoms with van der Waals surface area (Å²) in [6, 6.07) is 0. The number of carbonyl (C=O) groups is 1. The summed E-state index contributed by atoms with van der Waals surface area (Å²) in [5.74, 6) is -0.962. The van der Waals surface area contributed by atoms with Gasteiger partial charge in [0.1, 0.15) is 6.10 Å². The van der Waals surface area contributed by atoms with E-state index in [1.807, 2.05) is 27.7 Å². The topological polar surface area (TPSA) is 105 Å². The van der Waals surface area contributed by atoms with Crippen LogP contribution in [0.3, 0.4) is 0 Å². The summed E-state index contributed by atoms with van der Waals surface area (Å²) in [7, 11) is 0. The normalized spacial score (nSPS) is 38.3. The summed E-state index contributed by atoms with van der Waals surface area (Å²) in [6.45, 7) is 15.7. The van der Waals surface area contributed by atoms with E-state index >= 15 is 0 Å². The van der Waals surface area contributed by atoms with Gasteiger partial charge in [-0.15, -0.1) is 0 Å². The number of cyclic esters (lactones) is 1. The highest BCUT2D eigenvalue weighted by atomic mass is 16.7. The number of hydrogen-bond donors (Lipinski definition) is 3. The molecule has 0 spiro atoms. The third kappa shape index (κ3) is 5.13. The minimum Gasteiger partial charge on any atom is -0.459 e. The summed E-state index contributed by atoms with van der Waals surface area (Å²) >= 11 is 0. The van der Waals surface area contributed by atoms with E-state index in [0.29, 0.717) is 25.7 Å². The first kappa shape index (κ1) is 28.5. The first-order chi connectivity index (χ1) is 15.5. The van der Waals surface area contributed by atoms with Crippen LogP contribution in [0.15, 0.2) is 0 Å². The Hall–Kier alpha value is -0.730. The van der Waals surface area contributed by atoms with Gasteiger partial charge in [0.05, 0.1) is 36.4 Å². The van der Waals surface area contributed by atoms with E-state index in [1.165, 1.54) is 0 Å². The molecule has 0 amide bonds. The highest BCUT2D eigenvalue weighted by Crippen LogP contribution is 2.49. The van der Waals surface area contributed by atoms with E-state index in [1.54, 1.807) is 0 Å². The van der Waals surface area contributed by atoms with Crippen LogP contribution in [0.1, 0.15) is 81.1 Å². The number of aliphatic hydroxyl groups excluding tert-OH is 2. The largest absolute Gasteiger partial charge is 0.459 e. The quantitative estimate of drug-likeness (QED) is 0.418. The van der Waals surface area contributed by atoms with Crippen LogP contribution in [-0.4, -0.2) is 64.2 Å². The van der Waals surface area contributed by atoms with E-state index in [2.05, 4.69) is 27.7 Å². The molecule has 0 aliphatic carbocycles. The second kappa shape index (κ2) is 11.3. The Morgan fingerprint density at radius 3 is 1.82 bits per heavy atom. The van der Waals surface area contributed by atoms with Crippen molar-refractivity contribution in [3.63, 3.8) is 0 Å². The maximum atomic E-state index is 12.3. The molecule has 2 fully saturated rings. The fourth-order valence-electron chi connectivity index (χ4n) is 6.50. The van der Waals surface area contributed by atoms with Crippen molar-refractivity contribution in [2.45, 2.75) is 111 Å². The van der Waals surface area contributed by atoms with Crippen molar-refractivity contribution in [1.29, 1.82) is 0 Å². The van der Waals surface area contributed by atoms with Gasteiger partial charge in [-0.1, -0.05) is 55.4 Å². The van der Waals surface area contributed by atoms with Gasteiger partial charge in [-0.2, -0.15) is 0 Å². The molecule has 2 aliphatic heterocycles. The van der Waals surface area contributed by atoms with Crippen molar-refractivity contribution in [2.75, 3.05) is 13.2 Å². The fraction of sp³-hybridized carbons (Fsp3) is 0.962. The van der Waals surface area contributed by atoms with E-state index < -0.39 is 29.7 Å². The van der Waals surface area contributed by atoms with Crippen LogP contribution in [0.4, 0.5) is 0 Å². The molecule has 9 unspecified atom stereocenters. The lowest BCUT2D eigenvalue weighted by Gasteiger charge is -2.54. The molecule has 2 heterocycles. The molecule has 0 aromatic heterocycles. The van der Waals surface area contributed by atoms with Crippen LogP contribution in [0, 0.1) is 35.5 Å². The van der Waals surface area contributed by atoms with Gasteiger partial charge in [0.25, 0.3) is 0 Å². The maximum absolute atomic E-state index is 12.3. The summed E-state index contributed by atoms with van der Waals surface area (Å²) in [4.78, 5) is 12.3. The van der Waals surface area contributed by atoms with Gasteiger partial charge in [0.15, 0.2) is 6.29 Å². The lowest BCUT2D eigenvalue weighted by atomic mass is 9.66. The molecule has 2 saturated heterocycles. The molecule has 0 saturated carbocycles. The fourth-order valence-corrected chi connectivity index (χ4v) is 6.50. The zero-order valence-electron chi connectivity index (χ0n) is 21.9. The van der Waals surface area contributed by atoms with Gasteiger partial charge in [-0.3, -0.25) is 4.79 Å². The summed E-state index contributed by atoms with van der Waals surface area (Å²) in [6.07, 6.45) is 0.767.